The first-order valence-corrected chi connectivity index (χ1v) is 8.60. The molecule has 1 aromatic rings. The molecule has 0 amide bonds. The third kappa shape index (κ3) is 6.62. The summed E-state index contributed by atoms with van der Waals surface area (Å²) in [7, 11) is 0. The summed E-state index contributed by atoms with van der Waals surface area (Å²) in [5.41, 5.74) is 1.16. The van der Waals surface area contributed by atoms with Crippen LogP contribution in [0.5, 0.6) is 0 Å². The fourth-order valence-electron chi connectivity index (χ4n) is 2.51. The van der Waals surface area contributed by atoms with E-state index in [0.717, 1.165) is 57.6 Å². The van der Waals surface area contributed by atoms with Gasteiger partial charge in [0.05, 0.1) is 18.3 Å². The van der Waals surface area contributed by atoms with Crippen molar-refractivity contribution in [3.63, 3.8) is 0 Å². The lowest BCUT2D eigenvalue weighted by molar-refractivity contribution is 0.111. The summed E-state index contributed by atoms with van der Waals surface area (Å²) >= 11 is 0. The fraction of sp³-hybridized carbons (Fsp3) is 0.824. The van der Waals surface area contributed by atoms with Gasteiger partial charge in [-0.2, -0.15) is 5.10 Å². The van der Waals surface area contributed by atoms with Gasteiger partial charge in [-0.3, -0.25) is 4.68 Å². The molecule has 0 saturated heterocycles. The van der Waals surface area contributed by atoms with Crippen LogP contribution >= 0.6 is 0 Å². The lowest BCUT2D eigenvalue weighted by Crippen LogP contribution is -2.36. The van der Waals surface area contributed by atoms with Crippen molar-refractivity contribution in [1.82, 2.24) is 15.1 Å². The van der Waals surface area contributed by atoms with Gasteiger partial charge < -0.3 is 10.1 Å². The molecule has 1 N–H and O–H groups in total. The molecule has 122 valence electrons. The van der Waals surface area contributed by atoms with Gasteiger partial charge in [-0.1, -0.05) is 27.7 Å². The van der Waals surface area contributed by atoms with Crippen molar-refractivity contribution in [2.75, 3.05) is 19.8 Å². The van der Waals surface area contributed by atoms with Gasteiger partial charge in [-0.15, -0.1) is 0 Å². The topological polar surface area (TPSA) is 39.1 Å². The summed E-state index contributed by atoms with van der Waals surface area (Å²) in [5.74, 6) is 0. The third-order valence-electron chi connectivity index (χ3n) is 3.79. The van der Waals surface area contributed by atoms with Crippen molar-refractivity contribution in [2.45, 2.75) is 71.9 Å². The number of hydrogen-bond donors (Lipinski definition) is 1. The molecule has 21 heavy (non-hydrogen) atoms. The molecule has 0 fully saturated rings. The zero-order valence-electron chi connectivity index (χ0n) is 14.3. The minimum atomic E-state index is 0.363. The molecule has 0 radical (unpaired) electrons. The number of aromatic nitrogens is 2. The maximum atomic E-state index is 5.71. The molecule has 0 aliphatic carbocycles. The van der Waals surface area contributed by atoms with Gasteiger partial charge in [-0.25, -0.2) is 0 Å². The fourth-order valence-corrected chi connectivity index (χ4v) is 2.51. The molecule has 1 aromatic heterocycles. The third-order valence-corrected chi connectivity index (χ3v) is 3.79. The SMILES string of the molecule is CCCNC(COCCC)Cc1ccn(C(CC)CC)n1. The monoisotopic (exact) mass is 295 g/mol. The van der Waals surface area contributed by atoms with Crippen LogP contribution in [0.4, 0.5) is 0 Å². The zero-order valence-corrected chi connectivity index (χ0v) is 14.3. The maximum Gasteiger partial charge on any atom is 0.0641 e. The molecule has 0 aromatic carbocycles. The molecular formula is C17H33N3O. The van der Waals surface area contributed by atoms with Crippen LogP contribution in [0.25, 0.3) is 0 Å². The van der Waals surface area contributed by atoms with Crippen LogP contribution in [-0.4, -0.2) is 35.6 Å². The largest absolute Gasteiger partial charge is 0.380 e. The second kappa shape index (κ2) is 10.8. The minimum absolute atomic E-state index is 0.363. The number of nitrogens with zero attached hydrogens (tertiary/aromatic N) is 2. The molecule has 0 spiro atoms. The van der Waals surface area contributed by atoms with E-state index in [1.807, 2.05) is 0 Å². The molecule has 4 nitrogen and oxygen atoms in total. The van der Waals surface area contributed by atoms with E-state index in [0.29, 0.717) is 12.1 Å². The Morgan fingerprint density at radius 3 is 2.57 bits per heavy atom. The minimum Gasteiger partial charge on any atom is -0.380 e. The predicted molar refractivity (Wildman–Crippen MR) is 88.7 cm³/mol. The molecule has 0 bridgehead atoms. The Kier molecular flexibility index (Phi) is 9.35. The maximum absolute atomic E-state index is 5.71. The van der Waals surface area contributed by atoms with Crippen molar-refractivity contribution in [1.29, 1.82) is 0 Å². The second-order valence-electron chi connectivity index (χ2n) is 5.69. The van der Waals surface area contributed by atoms with Gasteiger partial charge in [0, 0.05) is 25.3 Å². The van der Waals surface area contributed by atoms with Crippen LogP contribution in [0, 0.1) is 0 Å². The number of hydrogen-bond acceptors (Lipinski definition) is 3. The van der Waals surface area contributed by atoms with Gasteiger partial charge in [0.1, 0.15) is 0 Å². The first-order chi connectivity index (χ1) is 10.2. The summed E-state index contributed by atoms with van der Waals surface area (Å²) in [6.45, 7) is 11.4. The Labute approximate surface area is 130 Å². The van der Waals surface area contributed by atoms with Crippen LogP contribution in [0.15, 0.2) is 12.3 Å². The van der Waals surface area contributed by atoms with Gasteiger partial charge in [0.15, 0.2) is 0 Å². The highest BCUT2D eigenvalue weighted by molar-refractivity contribution is 5.02. The van der Waals surface area contributed by atoms with E-state index in [-0.39, 0.29) is 0 Å². The van der Waals surface area contributed by atoms with Crippen LogP contribution < -0.4 is 5.32 Å². The van der Waals surface area contributed by atoms with Gasteiger partial charge in [0.25, 0.3) is 0 Å². The van der Waals surface area contributed by atoms with Gasteiger partial charge in [-0.05, 0) is 38.3 Å². The van der Waals surface area contributed by atoms with Crippen molar-refractivity contribution >= 4 is 0 Å². The first kappa shape index (κ1) is 18.2. The Morgan fingerprint density at radius 2 is 1.95 bits per heavy atom. The van der Waals surface area contributed by atoms with Crippen LogP contribution in [-0.2, 0) is 11.2 Å². The molecule has 1 unspecified atom stereocenters. The van der Waals surface area contributed by atoms with Gasteiger partial charge in [0.2, 0.25) is 0 Å². The number of nitrogens with one attached hydrogen (secondary N) is 1. The number of rotatable bonds is 12. The summed E-state index contributed by atoms with van der Waals surface area (Å²) in [4.78, 5) is 0. The van der Waals surface area contributed by atoms with E-state index < -0.39 is 0 Å². The first-order valence-electron chi connectivity index (χ1n) is 8.60. The second-order valence-corrected chi connectivity index (χ2v) is 5.69. The Balaban J connectivity index is 2.56. The van der Waals surface area contributed by atoms with E-state index in [1.54, 1.807) is 0 Å². The molecule has 0 saturated carbocycles. The van der Waals surface area contributed by atoms with Crippen molar-refractivity contribution in [3.05, 3.63) is 18.0 Å². The van der Waals surface area contributed by atoms with E-state index in [4.69, 9.17) is 9.84 Å². The van der Waals surface area contributed by atoms with Crippen molar-refractivity contribution in [3.8, 4) is 0 Å². The lowest BCUT2D eigenvalue weighted by Gasteiger charge is -2.18. The highest BCUT2D eigenvalue weighted by atomic mass is 16.5. The average molecular weight is 295 g/mol. The highest BCUT2D eigenvalue weighted by Gasteiger charge is 2.13. The predicted octanol–water partition coefficient (Wildman–Crippen LogP) is 3.58. The van der Waals surface area contributed by atoms with Crippen molar-refractivity contribution < 1.29 is 4.74 Å². The molecule has 0 aliphatic rings. The molecule has 0 aliphatic heterocycles. The summed E-state index contributed by atoms with van der Waals surface area (Å²) in [6.07, 6.45) is 7.55. The number of ether oxygens (including phenoxy) is 1. The Bertz CT molecular complexity index is 361. The smallest absolute Gasteiger partial charge is 0.0641 e. The molecule has 4 heteroatoms. The van der Waals surface area contributed by atoms with Crippen molar-refractivity contribution in [2.24, 2.45) is 0 Å². The average Bonchev–Trinajstić information content (AvgIpc) is 2.94. The zero-order chi connectivity index (χ0) is 15.5. The Hall–Kier alpha value is -0.870. The highest BCUT2D eigenvalue weighted by Crippen LogP contribution is 2.15. The van der Waals surface area contributed by atoms with E-state index in [1.165, 1.54) is 0 Å². The summed E-state index contributed by atoms with van der Waals surface area (Å²) < 4.78 is 7.84. The lowest BCUT2D eigenvalue weighted by atomic mass is 10.1. The molecule has 1 atom stereocenters. The standard InChI is InChI=1S/C17H33N3O/c1-5-10-18-16(14-21-12-6-2)13-15-9-11-20(19-15)17(7-3)8-4/h9,11,16-18H,5-8,10,12-14H2,1-4H3. The molecular weight excluding hydrogens is 262 g/mol. The van der Waals surface area contributed by atoms with E-state index in [2.05, 4.69) is 50.0 Å². The molecule has 1 heterocycles. The van der Waals surface area contributed by atoms with Crippen LogP contribution in [0.1, 0.15) is 65.1 Å². The van der Waals surface area contributed by atoms with Gasteiger partial charge >= 0.3 is 0 Å². The molecule has 1 rings (SSSR count). The quantitative estimate of drug-likeness (QED) is 0.599. The summed E-state index contributed by atoms with van der Waals surface area (Å²) in [6, 6.07) is 3.04. The Morgan fingerprint density at radius 1 is 1.19 bits per heavy atom. The summed E-state index contributed by atoms with van der Waals surface area (Å²) in [5, 5.41) is 8.32. The van der Waals surface area contributed by atoms with E-state index in [9.17, 15) is 0 Å². The van der Waals surface area contributed by atoms with Crippen LogP contribution in [0.3, 0.4) is 0 Å². The van der Waals surface area contributed by atoms with Crippen LogP contribution in [0.2, 0.25) is 0 Å². The van der Waals surface area contributed by atoms with E-state index >= 15 is 0 Å². The normalized spacial score (nSPS) is 13.0.